The molecule has 3 heterocycles. The molecule has 2 aromatic heterocycles. The van der Waals surface area contributed by atoms with Gasteiger partial charge >= 0.3 is 0 Å². The number of thiophene rings is 1. The molecule has 5 nitrogen and oxygen atoms in total. The lowest BCUT2D eigenvalue weighted by molar-refractivity contribution is 0.0952. The van der Waals surface area contributed by atoms with Crippen molar-refractivity contribution in [3.8, 4) is 0 Å². The van der Waals surface area contributed by atoms with Gasteiger partial charge in [-0.15, -0.1) is 11.3 Å². The molecule has 1 saturated heterocycles. The summed E-state index contributed by atoms with van der Waals surface area (Å²) >= 11 is 6.34. The number of nitrogens with one attached hydrogen (secondary N) is 1. The van der Waals surface area contributed by atoms with Gasteiger partial charge in [0.25, 0.3) is 5.91 Å². The first-order chi connectivity index (χ1) is 13.1. The van der Waals surface area contributed by atoms with E-state index >= 15 is 0 Å². The van der Waals surface area contributed by atoms with Crippen molar-refractivity contribution in [2.24, 2.45) is 0 Å². The van der Waals surface area contributed by atoms with Gasteiger partial charge in [0.1, 0.15) is 11.3 Å². The average molecular weight is 469 g/mol. The van der Waals surface area contributed by atoms with Crippen molar-refractivity contribution in [2.75, 3.05) is 44.2 Å². The van der Waals surface area contributed by atoms with Crippen LogP contribution in [0.2, 0.25) is 0 Å². The molecule has 142 valence electrons. The third-order valence-electron chi connectivity index (χ3n) is 4.51. The summed E-state index contributed by atoms with van der Waals surface area (Å²) in [6, 6.07) is 8.79. The van der Waals surface area contributed by atoms with Crippen molar-refractivity contribution >= 4 is 59.9 Å². The van der Waals surface area contributed by atoms with Crippen LogP contribution in [0.25, 0.3) is 10.2 Å². The number of hydrogen-bond acceptors (Lipinski definition) is 6. The summed E-state index contributed by atoms with van der Waals surface area (Å²) in [4.78, 5) is 21.8. The van der Waals surface area contributed by atoms with Gasteiger partial charge in [-0.25, -0.2) is 9.37 Å². The second-order valence-electron chi connectivity index (χ2n) is 6.27. The van der Waals surface area contributed by atoms with Gasteiger partial charge in [-0.2, -0.15) is 0 Å². The van der Waals surface area contributed by atoms with E-state index in [0.717, 1.165) is 51.2 Å². The van der Waals surface area contributed by atoms with Crippen LogP contribution in [-0.4, -0.2) is 55.1 Å². The average Bonchev–Trinajstić information content (AvgIpc) is 3.29. The summed E-state index contributed by atoms with van der Waals surface area (Å²) in [5, 5.41) is 3.85. The lowest BCUT2D eigenvalue weighted by Crippen LogP contribution is -2.48. The van der Waals surface area contributed by atoms with Crippen LogP contribution in [0.4, 0.5) is 9.52 Å². The van der Waals surface area contributed by atoms with E-state index in [1.165, 1.54) is 28.7 Å². The number of benzene rings is 1. The monoisotopic (exact) mass is 468 g/mol. The highest BCUT2D eigenvalue weighted by molar-refractivity contribution is 9.11. The minimum absolute atomic E-state index is 0.0270. The predicted octanol–water partition coefficient (Wildman–Crippen LogP) is 3.81. The van der Waals surface area contributed by atoms with Gasteiger partial charge in [-0.05, 0) is 40.2 Å². The Bertz CT molecular complexity index is 952. The number of amides is 1. The van der Waals surface area contributed by atoms with E-state index in [-0.39, 0.29) is 11.7 Å². The summed E-state index contributed by atoms with van der Waals surface area (Å²) in [6.45, 7) is 4.96. The summed E-state index contributed by atoms with van der Waals surface area (Å²) in [6.07, 6.45) is 0. The van der Waals surface area contributed by atoms with E-state index in [0.29, 0.717) is 12.1 Å². The van der Waals surface area contributed by atoms with E-state index < -0.39 is 0 Å². The van der Waals surface area contributed by atoms with Gasteiger partial charge < -0.3 is 10.2 Å². The number of aromatic nitrogens is 1. The Balaban J connectivity index is 1.26. The van der Waals surface area contributed by atoms with Gasteiger partial charge in [0.2, 0.25) is 0 Å². The van der Waals surface area contributed by atoms with Crippen molar-refractivity contribution in [1.29, 1.82) is 0 Å². The zero-order valence-electron chi connectivity index (χ0n) is 14.5. The molecular weight excluding hydrogens is 451 g/mol. The number of thiazole rings is 1. The number of rotatable bonds is 5. The highest BCUT2D eigenvalue weighted by atomic mass is 79.9. The Morgan fingerprint density at radius 1 is 1.19 bits per heavy atom. The molecule has 4 rings (SSSR count). The number of carbonyl (C=O) groups excluding carboxylic acids is 1. The Morgan fingerprint density at radius 3 is 2.70 bits per heavy atom. The summed E-state index contributed by atoms with van der Waals surface area (Å²) in [5.74, 6) is -0.289. The van der Waals surface area contributed by atoms with E-state index in [4.69, 9.17) is 0 Å². The minimum Gasteiger partial charge on any atom is -0.350 e. The summed E-state index contributed by atoms with van der Waals surface area (Å²) in [7, 11) is 0. The second kappa shape index (κ2) is 8.22. The van der Waals surface area contributed by atoms with E-state index in [1.807, 2.05) is 18.2 Å². The lowest BCUT2D eigenvalue weighted by Gasteiger charge is -2.34. The molecule has 1 fully saturated rings. The third-order valence-corrected chi connectivity index (χ3v) is 7.22. The maximum absolute atomic E-state index is 13.8. The van der Waals surface area contributed by atoms with Gasteiger partial charge in [0.05, 0.1) is 13.4 Å². The smallest absolute Gasteiger partial charge is 0.261 e. The fourth-order valence-corrected chi connectivity index (χ4v) is 5.39. The van der Waals surface area contributed by atoms with Crippen molar-refractivity contribution in [2.45, 2.75) is 0 Å². The molecule has 1 amide bonds. The van der Waals surface area contributed by atoms with E-state index in [9.17, 15) is 9.18 Å². The molecule has 0 aliphatic carbocycles. The highest BCUT2D eigenvalue weighted by Gasteiger charge is 2.20. The number of nitrogens with zero attached hydrogens (tertiary/aromatic N) is 3. The maximum atomic E-state index is 13.8. The molecule has 0 spiro atoms. The van der Waals surface area contributed by atoms with Gasteiger partial charge in [-0.3, -0.25) is 9.69 Å². The standard InChI is InChI=1S/C18H18BrFN4OS2/c19-15-5-4-14(26-15)17(25)21-6-7-23-8-10-24(11-9-23)18-22-16-12(20)2-1-3-13(16)27-18/h1-5H,6-11H2,(H,21,25). The molecule has 1 aliphatic heterocycles. The lowest BCUT2D eigenvalue weighted by atomic mass is 10.3. The van der Waals surface area contributed by atoms with E-state index in [2.05, 4.69) is 36.0 Å². The number of piperazine rings is 1. The molecule has 0 unspecified atom stereocenters. The first-order valence-corrected chi connectivity index (χ1v) is 11.1. The minimum atomic E-state index is -0.262. The van der Waals surface area contributed by atoms with Crippen LogP contribution in [0, 0.1) is 5.82 Å². The van der Waals surface area contributed by atoms with Crippen LogP contribution in [0.1, 0.15) is 9.67 Å². The molecule has 0 radical (unpaired) electrons. The number of halogens is 2. The predicted molar refractivity (Wildman–Crippen MR) is 113 cm³/mol. The SMILES string of the molecule is O=C(NCCN1CCN(c2nc3c(F)cccc3s2)CC1)c1ccc(Br)s1. The number of anilines is 1. The number of fused-ring (bicyclic) bond motifs is 1. The number of carbonyl (C=O) groups is 1. The van der Waals surface area contributed by atoms with Gasteiger partial charge in [-0.1, -0.05) is 17.4 Å². The fourth-order valence-electron chi connectivity index (χ4n) is 3.05. The first-order valence-electron chi connectivity index (χ1n) is 8.66. The van der Waals surface area contributed by atoms with Crippen LogP contribution < -0.4 is 10.2 Å². The second-order valence-corrected chi connectivity index (χ2v) is 9.74. The van der Waals surface area contributed by atoms with Crippen molar-refractivity contribution in [1.82, 2.24) is 15.2 Å². The zero-order valence-corrected chi connectivity index (χ0v) is 17.7. The molecule has 0 bridgehead atoms. The quantitative estimate of drug-likeness (QED) is 0.618. The topological polar surface area (TPSA) is 48.5 Å². The van der Waals surface area contributed by atoms with Crippen LogP contribution in [-0.2, 0) is 0 Å². The van der Waals surface area contributed by atoms with E-state index in [1.54, 1.807) is 6.07 Å². The van der Waals surface area contributed by atoms with Crippen molar-refractivity contribution in [3.63, 3.8) is 0 Å². The maximum Gasteiger partial charge on any atom is 0.261 e. The molecule has 1 N–H and O–H groups in total. The molecule has 27 heavy (non-hydrogen) atoms. The molecule has 0 atom stereocenters. The molecule has 3 aromatic rings. The van der Waals surface area contributed by atoms with Crippen LogP contribution >= 0.6 is 38.6 Å². The molecule has 1 aromatic carbocycles. The molecule has 0 saturated carbocycles. The zero-order chi connectivity index (χ0) is 18.8. The normalized spacial score (nSPS) is 15.4. The molecule has 1 aliphatic rings. The van der Waals surface area contributed by atoms with Crippen LogP contribution in [0.15, 0.2) is 34.1 Å². The third kappa shape index (κ3) is 4.31. The summed E-state index contributed by atoms with van der Waals surface area (Å²) < 4.78 is 15.7. The van der Waals surface area contributed by atoms with Crippen molar-refractivity contribution in [3.05, 3.63) is 44.8 Å². The van der Waals surface area contributed by atoms with Crippen molar-refractivity contribution < 1.29 is 9.18 Å². The van der Waals surface area contributed by atoms with Gasteiger partial charge in [0, 0.05) is 39.3 Å². The Morgan fingerprint density at radius 2 is 2.00 bits per heavy atom. The van der Waals surface area contributed by atoms with Crippen LogP contribution in [0.5, 0.6) is 0 Å². The Labute approximate surface area is 172 Å². The fraction of sp³-hybridized carbons (Fsp3) is 0.333. The number of para-hydroxylation sites is 1. The van der Waals surface area contributed by atoms with Gasteiger partial charge in [0.15, 0.2) is 5.13 Å². The Hall–Kier alpha value is -1.55. The largest absolute Gasteiger partial charge is 0.350 e. The summed E-state index contributed by atoms with van der Waals surface area (Å²) in [5.41, 5.74) is 0.461. The first kappa shape index (κ1) is 18.8. The molecular formula is C18H18BrFN4OS2. The Kier molecular flexibility index (Phi) is 5.72. The van der Waals surface area contributed by atoms with Crippen LogP contribution in [0.3, 0.4) is 0 Å². The molecule has 9 heteroatoms. The highest BCUT2D eigenvalue weighted by Crippen LogP contribution is 2.30. The number of hydrogen-bond donors (Lipinski definition) is 1.